The molecule has 0 radical (unpaired) electrons. The van der Waals surface area contributed by atoms with Crippen LogP contribution in [0.3, 0.4) is 0 Å². The van der Waals surface area contributed by atoms with E-state index in [2.05, 4.69) is 4.72 Å². The summed E-state index contributed by atoms with van der Waals surface area (Å²) in [4.78, 5) is 14.6. The van der Waals surface area contributed by atoms with Crippen LogP contribution < -0.4 is 18.9 Å². The molecule has 0 bridgehead atoms. The molecular formula is C26H27FN2O6S. The molecule has 10 heteroatoms. The fourth-order valence-corrected chi connectivity index (χ4v) is 5.03. The summed E-state index contributed by atoms with van der Waals surface area (Å²) in [5.41, 5.74) is 1.95. The van der Waals surface area contributed by atoms with E-state index in [1.807, 2.05) is 18.2 Å². The molecule has 3 aromatic carbocycles. The highest BCUT2D eigenvalue weighted by molar-refractivity contribution is 7.92. The predicted octanol–water partition coefficient (Wildman–Crippen LogP) is 4.00. The molecule has 0 saturated carbocycles. The van der Waals surface area contributed by atoms with Crippen LogP contribution in [0.1, 0.15) is 18.1 Å². The van der Waals surface area contributed by atoms with Crippen molar-refractivity contribution in [3.63, 3.8) is 0 Å². The first-order valence-corrected chi connectivity index (χ1v) is 12.8. The molecule has 0 aliphatic carbocycles. The first kappa shape index (κ1) is 25.3. The van der Waals surface area contributed by atoms with Crippen LogP contribution in [0.2, 0.25) is 0 Å². The Balaban J connectivity index is 1.53. The van der Waals surface area contributed by atoms with E-state index in [1.165, 1.54) is 12.1 Å². The van der Waals surface area contributed by atoms with Gasteiger partial charge in [0.1, 0.15) is 11.6 Å². The Bertz CT molecular complexity index is 1360. The van der Waals surface area contributed by atoms with Gasteiger partial charge >= 0.3 is 0 Å². The highest BCUT2D eigenvalue weighted by Crippen LogP contribution is 2.31. The number of hydrogen-bond donors (Lipinski definition) is 1. The molecule has 1 aliphatic heterocycles. The summed E-state index contributed by atoms with van der Waals surface area (Å²) >= 11 is 0. The summed E-state index contributed by atoms with van der Waals surface area (Å²) in [7, 11) is -0.783. The first-order chi connectivity index (χ1) is 17.2. The zero-order valence-electron chi connectivity index (χ0n) is 20.2. The van der Waals surface area contributed by atoms with Crippen LogP contribution >= 0.6 is 0 Å². The Morgan fingerprint density at radius 3 is 2.44 bits per heavy atom. The Hall–Kier alpha value is -3.79. The average molecular weight is 515 g/mol. The molecule has 1 unspecified atom stereocenters. The summed E-state index contributed by atoms with van der Waals surface area (Å²) in [5.74, 6) is 1.05. The number of rotatable bonds is 8. The SMILES string of the molecule is COc1ccc(CCN2Cc3cc(NS(=O)(=O)c4ccc(F)cc4)ccc3OC(C)C2=O)cc1OC. The predicted molar refractivity (Wildman–Crippen MR) is 132 cm³/mol. The molecule has 0 spiro atoms. The second-order valence-corrected chi connectivity index (χ2v) is 10.0. The maximum absolute atomic E-state index is 13.2. The molecule has 3 aromatic rings. The monoisotopic (exact) mass is 514 g/mol. The lowest BCUT2D eigenvalue weighted by Gasteiger charge is -2.22. The Morgan fingerprint density at radius 2 is 1.75 bits per heavy atom. The fraction of sp³-hybridized carbons (Fsp3) is 0.269. The van der Waals surface area contributed by atoms with Gasteiger partial charge in [-0.15, -0.1) is 0 Å². The van der Waals surface area contributed by atoms with Crippen molar-refractivity contribution in [2.24, 2.45) is 0 Å². The molecule has 1 heterocycles. The number of halogens is 1. The maximum atomic E-state index is 13.2. The molecule has 190 valence electrons. The van der Waals surface area contributed by atoms with Gasteiger partial charge in [0.15, 0.2) is 17.6 Å². The Kier molecular flexibility index (Phi) is 7.35. The van der Waals surface area contributed by atoms with Gasteiger partial charge in [0.25, 0.3) is 15.9 Å². The number of fused-ring (bicyclic) bond motifs is 1. The van der Waals surface area contributed by atoms with Crippen molar-refractivity contribution >= 4 is 21.6 Å². The maximum Gasteiger partial charge on any atom is 0.263 e. The van der Waals surface area contributed by atoms with E-state index in [9.17, 15) is 17.6 Å². The molecule has 0 fully saturated rings. The van der Waals surface area contributed by atoms with Crippen LogP contribution in [0.15, 0.2) is 65.6 Å². The largest absolute Gasteiger partial charge is 0.493 e. The topological polar surface area (TPSA) is 94.2 Å². The van der Waals surface area contributed by atoms with E-state index in [4.69, 9.17) is 14.2 Å². The average Bonchev–Trinajstić information content (AvgIpc) is 2.98. The highest BCUT2D eigenvalue weighted by atomic mass is 32.2. The van der Waals surface area contributed by atoms with Gasteiger partial charge in [-0.2, -0.15) is 0 Å². The quantitative estimate of drug-likeness (QED) is 0.489. The molecule has 8 nitrogen and oxygen atoms in total. The lowest BCUT2D eigenvalue weighted by molar-refractivity contribution is -0.137. The third kappa shape index (κ3) is 5.54. The fourth-order valence-electron chi connectivity index (χ4n) is 3.98. The number of nitrogens with zero attached hydrogens (tertiary/aromatic N) is 1. The van der Waals surface area contributed by atoms with Crippen LogP contribution in [-0.2, 0) is 27.8 Å². The van der Waals surface area contributed by atoms with Crippen molar-refractivity contribution in [2.75, 3.05) is 25.5 Å². The summed E-state index contributed by atoms with van der Waals surface area (Å²) in [6.07, 6.45) is -0.121. The summed E-state index contributed by atoms with van der Waals surface area (Å²) in [6, 6.07) is 15.0. The number of anilines is 1. The Labute approximate surface area is 209 Å². The van der Waals surface area contributed by atoms with Crippen LogP contribution in [0.5, 0.6) is 17.2 Å². The molecule has 36 heavy (non-hydrogen) atoms. The summed E-state index contributed by atoms with van der Waals surface area (Å²) in [6.45, 7) is 2.36. The summed E-state index contributed by atoms with van der Waals surface area (Å²) in [5, 5.41) is 0. The lowest BCUT2D eigenvalue weighted by Crippen LogP contribution is -2.39. The second-order valence-electron chi connectivity index (χ2n) is 8.34. The molecule has 4 rings (SSSR count). The molecule has 1 N–H and O–H groups in total. The van der Waals surface area contributed by atoms with Crippen molar-refractivity contribution in [1.29, 1.82) is 0 Å². The lowest BCUT2D eigenvalue weighted by atomic mass is 10.1. The molecule has 1 atom stereocenters. The minimum absolute atomic E-state index is 0.0598. The van der Waals surface area contributed by atoms with Gasteiger partial charge in [-0.1, -0.05) is 6.07 Å². The summed E-state index contributed by atoms with van der Waals surface area (Å²) < 4.78 is 57.7. The third-order valence-electron chi connectivity index (χ3n) is 5.88. The number of amides is 1. The Morgan fingerprint density at radius 1 is 1.03 bits per heavy atom. The first-order valence-electron chi connectivity index (χ1n) is 11.3. The van der Waals surface area contributed by atoms with E-state index in [0.717, 1.165) is 17.7 Å². The number of carbonyl (C=O) groups is 1. The number of ether oxygens (including phenoxy) is 3. The smallest absolute Gasteiger partial charge is 0.263 e. The zero-order valence-corrected chi connectivity index (χ0v) is 21.0. The van der Waals surface area contributed by atoms with Crippen LogP contribution in [0.4, 0.5) is 10.1 Å². The van der Waals surface area contributed by atoms with Gasteiger partial charge < -0.3 is 19.1 Å². The van der Waals surface area contributed by atoms with Crippen LogP contribution in [-0.4, -0.2) is 46.1 Å². The van der Waals surface area contributed by atoms with Gasteiger partial charge in [0.05, 0.1) is 19.1 Å². The van der Waals surface area contributed by atoms with Gasteiger partial charge in [0, 0.05) is 24.3 Å². The van der Waals surface area contributed by atoms with Crippen molar-refractivity contribution in [3.8, 4) is 17.2 Å². The van der Waals surface area contributed by atoms with Crippen LogP contribution in [0.25, 0.3) is 0 Å². The molecule has 1 amide bonds. The standard InChI is InChI=1S/C26H27FN2O6S/c1-17-26(30)29(13-12-18-4-10-24(33-2)25(14-18)34-3)16-19-15-21(7-11-23(19)35-17)28-36(31,32)22-8-5-20(27)6-9-22/h4-11,14-15,17,28H,12-13,16H2,1-3H3. The molecular weight excluding hydrogens is 487 g/mol. The normalized spacial score (nSPS) is 15.5. The van der Waals surface area contributed by atoms with Gasteiger partial charge in [0.2, 0.25) is 0 Å². The van der Waals surface area contributed by atoms with E-state index < -0.39 is 21.9 Å². The van der Waals surface area contributed by atoms with Gasteiger partial charge in [-0.3, -0.25) is 9.52 Å². The number of carbonyl (C=O) groups excluding carboxylic acids is 1. The van der Waals surface area contributed by atoms with E-state index in [0.29, 0.717) is 41.5 Å². The van der Waals surface area contributed by atoms with E-state index >= 15 is 0 Å². The number of benzene rings is 3. The van der Waals surface area contributed by atoms with Crippen LogP contribution in [0, 0.1) is 5.82 Å². The van der Waals surface area contributed by atoms with E-state index in [1.54, 1.807) is 44.2 Å². The molecule has 0 aromatic heterocycles. The number of sulfonamides is 1. The number of nitrogens with one attached hydrogen (secondary N) is 1. The molecule has 1 aliphatic rings. The van der Waals surface area contributed by atoms with Crippen molar-refractivity contribution in [3.05, 3.63) is 77.6 Å². The highest BCUT2D eigenvalue weighted by Gasteiger charge is 2.28. The number of hydrogen-bond acceptors (Lipinski definition) is 6. The minimum Gasteiger partial charge on any atom is -0.493 e. The molecule has 0 saturated heterocycles. The van der Waals surface area contributed by atoms with Crippen molar-refractivity contribution in [1.82, 2.24) is 4.90 Å². The van der Waals surface area contributed by atoms with Gasteiger partial charge in [-0.05, 0) is 73.5 Å². The van der Waals surface area contributed by atoms with Crippen molar-refractivity contribution in [2.45, 2.75) is 30.9 Å². The minimum atomic E-state index is -3.92. The third-order valence-corrected chi connectivity index (χ3v) is 7.28. The number of methoxy groups -OCH3 is 2. The second kappa shape index (κ2) is 10.4. The van der Waals surface area contributed by atoms with Gasteiger partial charge in [-0.25, -0.2) is 12.8 Å². The van der Waals surface area contributed by atoms with Crippen molar-refractivity contribution < 1.29 is 31.8 Å². The van der Waals surface area contributed by atoms with E-state index in [-0.39, 0.29) is 17.3 Å². The zero-order chi connectivity index (χ0) is 25.9.